The molecule has 1 fully saturated rings. The minimum atomic E-state index is 0.106. The van der Waals surface area contributed by atoms with Gasteiger partial charge >= 0.3 is 0 Å². The van der Waals surface area contributed by atoms with E-state index in [1.807, 2.05) is 0 Å². The van der Waals surface area contributed by atoms with Gasteiger partial charge in [-0.2, -0.15) is 0 Å². The SMILES string of the molecule is CC(CNC(=O)CNCC1CC1)N1CCc2ccccc21. The van der Waals surface area contributed by atoms with E-state index in [2.05, 4.69) is 46.7 Å². The monoisotopic (exact) mass is 287 g/mol. The van der Waals surface area contributed by atoms with Gasteiger partial charge < -0.3 is 15.5 Å². The van der Waals surface area contributed by atoms with Gasteiger partial charge in [-0.1, -0.05) is 18.2 Å². The summed E-state index contributed by atoms with van der Waals surface area (Å²) in [7, 11) is 0. The van der Waals surface area contributed by atoms with Gasteiger partial charge in [0.25, 0.3) is 0 Å². The summed E-state index contributed by atoms with van der Waals surface area (Å²) in [4.78, 5) is 14.2. The lowest BCUT2D eigenvalue weighted by Gasteiger charge is -2.27. The first kappa shape index (κ1) is 14.4. The van der Waals surface area contributed by atoms with Crippen LogP contribution in [0.5, 0.6) is 0 Å². The highest BCUT2D eigenvalue weighted by molar-refractivity contribution is 5.78. The van der Waals surface area contributed by atoms with Crippen LogP contribution in [0.1, 0.15) is 25.3 Å². The van der Waals surface area contributed by atoms with Crippen molar-refractivity contribution in [1.29, 1.82) is 0 Å². The molecule has 0 bridgehead atoms. The Hall–Kier alpha value is -1.55. The second-order valence-corrected chi connectivity index (χ2v) is 6.30. The molecule has 1 aliphatic heterocycles. The molecule has 4 heteroatoms. The second kappa shape index (κ2) is 6.48. The van der Waals surface area contributed by atoms with Gasteiger partial charge in [0.1, 0.15) is 0 Å². The molecule has 0 radical (unpaired) electrons. The number of carbonyl (C=O) groups excluding carboxylic acids is 1. The van der Waals surface area contributed by atoms with Crippen LogP contribution >= 0.6 is 0 Å². The molecule has 1 heterocycles. The lowest BCUT2D eigenvalue weighted by atomic mass is 10.2. The Labute approximate surface area is 126 Å². The Morgan fingerprint density at radius 1 is 1.38 bits per heavy atom. The van der Waals surface area contributed by atoms with Crippen LogP contribution in [0.3, 0.4) is 0 Å². The summed E-state index contributed by atoms with van der Waals surface area (Å²) in [5, 5.41) is 6.27. The van der Waals surface area contributed by atoms with Gasteiger partial charge in [0.15, 0.2) is 0 Å². The molecule has 3 rings (SSSR count). The van der Waals surface area contributed by atoms with Crippen molar-refractivity contribution in [1.82, 2.24) is 10.6 Å². The maximum Gasteiger partial charge on any atom is 0.234 e. The quantitative estimate of drug-likeness (QED) is 0.800. The number of fused-ring (bicyclic) bond motifs is 1. The predicted molar refractivity (Wildman–Crippen MR) is 85.6 cm³/mol. The smallest absolute Gasteiger partial charge is 0.234 e. The number of nitrogens with one attached hydrogen (secondary N) is 2. The van der Waals surface area contributed by atoms with Crippen LogP contribution in [-0.2, 0) is 11.2 Å². The van der Waals surface area contributed by atoms with E-state index in [4.69, 9.17) is 0 Å². The van der Waals surface area contributed by atoms with E-state index >= 15 is 0 Å². The van der Waals surface area contributed by atoms with Gasteiger partial charge in [-0.25, -0.2) is 0 Å². The molecule has 0 saturated heterocycles. The predicted octanol–water partition coefficient (Wildman–Crippen LogP) is 1.55. The molecule has 1 aliphatic carbocycles. The molecule has 1 amide bonds. The molecule has 21 heavy (non-hydrogen) atoms. The number of anilines is 1. The van der Waals surface area contributed by atoms with E-state index in [0.29, 0.717) is 19.1 Å². The van der Waals surface area contributed by atoms with Crippen molar-refractivity contribution in [2.45, 2.75) is 32.2 Å². The molecular weight excluding hydrogens is 262 g/mol. The third kappa shape index (κ3) is 3.76. The average molecular weight is 287 g/mol. The van der Waals surface area contributed by atoms with Crippen molar-refractivity contribution >= 4 is 11.6 Å². The zero-order valence-electron chi connectivity index (χ0n) is 12.8. The molecule has 2 aliphatic rings. The maximum atomic E-state index is 11.8. The first-order chi connectivity index (χ1) is 10.2. The summed E-state index contributed by atoms with van der Waals surface area (Å²) in [6.45, 7) is 5.37. The van der Waals surface area contributed by atoms with Crippen molar-refractivity contribution in [3.8, 4) is 0 Å². The first-order valence-corrected chi connectivity index (χ1v) is 8.06. The van der Waals surface area contributed by atoms with Crippen LogP contribution in [0.4, 0.5) is 5.69 Å². The van der Waals surface area contributed by atoms with Gasteiger partial charge in [-0.05, 0) is 50.3 Å². The van der Waals surface area contributed by atoms with E-state index in [-0.39, 0.29) is 5.91 Å². The normalized spacial score (nSPS) is 18.4. The fraction of sp³-hybridized carbons (Fsp3) is 0.588. The zero-order chi connectivity index (χ0) is 14.7. The minimum Gasteiger partial charge on any atom is -0.366 e. The van der Waals surface area contributed by atoms with Gasteiger partial charge in [0.05, 0.1) is 6.54 Å². The van der Waals surface area contributed by atoms with Crippen LogP contribution in [0.15, 0.2) is 24.3 Å². The van der Waals surface area contributed by atoms with E-state index < -0.39 is 0 Å². The molecule has 0 spiro atoms. The minimum absolute atomic E-state index is 0.106. The standard InChI is InChI=1S/C17H25N3O/c1-13(10-19-17(21)12-18-11-14-6-7-14)20-9-8-15-4-2-3-5-16(15)20/h2-5,13-14,18H,6-12H2,1H3,(H,19,21). The zero-order valence-corrected chi connectivity index (χ0v) is 12.8. The third-order valence-corrected chi connectivity index (χ3v) is 4.47. The first-order valence-electron chi connectivity index (χ1n) is 8.06. The maximum absolute atomic E-state index is 11.8. The van der Waals surface area contributed by atoms with Gasteiger partial charge in [0, 0.05) is 24.8 Å². The molecule has 1 saturated carbocycles. The molecule has 114 valence electrons. The molecule has 1 unspecified atom stereocenters. The molecular formula is C17H25N3O. The lowest BCUT2D eigenvalue weighted by molar-refractivity contribution is -0.120. The Morgan fingerprint density at radius 2 is 2.19 bits per heavy atom. The van der Waals surface area contributed by atoms with Crippen LogP contribution in [0.2, 0.25) is 0 Å². The van der Waals surface area contributed by atoms with Crippen LogP contribution in [-0.4, -0.2) is 38.1 Å². The summed E-state index contributed by atoms with van der Waals surface area (Å²) < 4.78 is 0. The lowest BCUT2D eigenvalue weighted by Crippen LogP contribution is -2.44. The Morgan fingerprint density at radius 3 is 3.00 bits per heavy atom. The van der Waals surface area contributed by atoms with Crippen molar-refractivity contribution in [2.24, 2.45) is 5.92 Å². The van der Waals surface area contributed by atoms with Crippen LogP contribution in [0, 0.1) is 5.92 Å². The van der Waals surface area contributed by atoms with E-state index in [1.54, 1.807) is 0 Å². The number of benzene rings is 1. The molecule has 4 nitrogen and oxygen atoms in total. The van der Waals surface area contributed by atoms with Crippen LogP contribution < -0.4 is 15.5 Å². The molecule has 1 aromatic carbocycles. The number of hydrogen-bond donors (Lipinski definition) is 2. The molecule has 0 aromatic heterocycles. The number of amides is 1. The van der Waals surface area contributed by atoms with Gasteiger partial charge in [0.2, 0.25) is 5.91 Å². The summed E-state index contributed by atoms with van der Waals surface area (Å²) in [6, 6.07) is 8.89. The number of hydrogen-bond acceptors (Lipinski definition) is 3. The summed E-state index contributed by atoms with van der Waals surface area (Å²) >= 11 is 0. The topological polar surface area (TPSA) is 44.4 Å². The Bertz CT molecular complexity index is 499. The number of carbonyl (C=O) groups is 1. The van der Waals surface area contributed by atoms with Crippen molar-refractivity contribution < 1.29 is 4.79 Å². The van der Waals surface area contributed by atoms with E-state index in [0.717, 1.165) is 25.4 Å². The number of nitrogens with zero attached hydrogens (tertiary/aromatic N) is 1. The summed E-state index contributed by atoms with van der Waals surface area (Å²) in [6.07, 6.45) is 3.75. The van der Waals surface area contributed by atoms with Crippen molar-refractivity contribution in [2.75, 3.05) is 31.1 Å². The van der Waals surface area contributed by atoms with E-state index in [9.17, 15) is 4.79 Å². The Balaban J connectivity index is 1.41. The third-order valence-electron chi connectivity index (χ3n) is 4.47. The highest BCUT2D eigenvalue weighted by Gasteiger charge is 2.23. The fourth-order valence-electron chi connectivity index (χ4n) is 2.97. The Kier molecular flexibility index (Phi) is 4.44. The highest BCUT2D eigenvalue weighted by Crippen LogP contribution is 2.29. The molecule has 1 atom stereocenters. The largest absolute Gasteiger partial charge is 0.366 e. The fourth-order valence-corrected chi connectivity index (χ4v) is 2.97. The van der Waals surface area contributed by atoms with Gasteiger partial charge in [-0.3, -0.25) is 4.79 Å². The second-order valence-electron chi connectivity index (χ2n) is 6.30. The number of para-hydroxylation sites is 1. The van der Waals surface area contributed by atoms with Crippen LogP contribution in [0.25, 0.3) is 0 Å². The van der Waals surface area contributed by atoms with Crippen molar-refractivity contribution in [3.63, 3.8) is 0 Å². The summed E-state index contributed by atoms with van der Waals surface area (Å²) in [5.74, 6) is 0.924. The summed E-state index contributed by atoms with van der Waals surface area (Å²) in [5.41, 5.74) is 2.74. The molecule has 2 N–H and O–H groups in total. The number of rotatable bonds is 7. The highest BCUT2D eigenvalue weighted by atomic mass is 16.1. The average Bonchev–Trinajstić information content (AvgIpc) is 3.21. The van der Waals surface area contributed by atoms with Crippen molar-refractivity contribution in [3.05, 3.63) is 29.8 Å². The van der Waals surface area contributed by atoms with E-state index in [1.165, 1.54) is 24.1 Å². The molecule has 1 aromatic rings. The van der Waals surface area contributed by atoms with Gasteiger partial charge in [-0.15, -0.1) is 0 Å².